The summed E-state index contributed by atoms with van der Waals surface area (Å²) < 4.78 is 38.5. The number of piperazine rings is 1. The highest BCUT2D eigenvalue weighted by atomic mass is 19.1. The summed E-state index contributed by atoms with van der Waals surface area (Å²) in [5.74, 6) is -2.93. The van der Waals surface area contributed by atoms with Crippen molar-refractivity contribution < 1.29 is 28.2 Å². The number of ether oxygens (including phenoxy) is 1. The van der Waals surface area contributed by atoms with Crippen LogP contribution in [-0.2, 0) is 11.2 Å². The molecule has 1 aromatic carbocycles. The molecule has 1 aliphatic rings. The van der Waals surface area contributed by atoms with Gasteiger partial charge >= 0.3 is 11.8 Å². The third-order valence-electron chi connectivity index (χ3n) is 8.28. The highest BCUT2D eigenvalue weighted by Gasteiger charge is 2.33. The zero-order valence-corrected chi connectivity index (χ0v) is 28.5. The maximum atomic E-state index is 16.3. The number of fused-ring (bicyclic) bond motifs is 1. The molecule has 1 saturated heterocycles. The summed E-state index contributed by atoms with van der Waals surface area (Å²) in [6.45, 7) is 11.6. The summed E-state index contributed by atoms with van der Waals surface area (Å²) in [4.78, 5) is 56.5. The molecule has 0 bridgehead atoms. The van der Waals surface area contributed by atoms with E-state index in [-0.39, 0.29) is 60.6 Å². The van der Waals surface area contributed by atoms with Crippen molar-refractivity contribution in [3.63, 3.8) is 0 Å². The first-order chi connectivity index (χ1) is 23.1. The second-order valence-corrected chi connectivity index (χ2v) is 13.4. The molecular formula is C35H41F2N7O5. The number of nitrogens with zero attached hydrogens (tertiary/aromatic N) is 6. The monoisotopic (exact) mass is 677 g/mol. The molecule has 0 saturated carbocycles. The summed E-state index contributed by atoms with van der Waals surface area (Å²) in [6, 6.07) is 6.09. The van der Waals surface area contributed by atoms with Crippen LogP contribution in [0.5, 0.6) is 0 Å². The average molecular weight is 678 g/mol. The number of aryl methyl sites for hydroxylation is 1. The Balaban J connectivity index is 1.79. The number of anilines is 1. The zero-order chi connectivity index (χ0) is 35.8. The first-order valence-corrected chi connectivity index (χ1v) is 16.2. The van der Waals surface area contributed by atoms with Gasteiger partial charge in [-0.3, -0.25) is 9.78 Å². The molecule has 5 rings (SSSR count). The molecule has 1 atom stereocenters. The number of hydrogen-bond acceptors (Lipinski definition) is 9. The van der Waals surface area contributed by atoms with Gasteiger partial charge < -0.3 is 25.4 Å². The minimum absolute atomic E-state index is 0.0491. The Bertz CT molecular complexity index is 1980. The molecule has 2 amide bonds. The molecule has 0 spiro atoms. The fourth-order valence-corrected chi connectivity index (χ4v) is 6.10. The minimum atomic E-state index is -0.985. The highest BCUT2D eigenvalue weighted by Crippen LogP contribution is 2.35. The lowest BCUT2D eigenvalue weighted by Crippen LogP contribution is -2.55. The quantitative estimate of drug-likeness (QED) is 0.270. The van der Waals surface area contributed by atoms with Crippen LogP contribution >= 0.6 is 0 Å². The molecular weight excluding hydrogens is 636 g/mol. The minimum Gasteiger partial charge on any atom is -0.444 e. The number of halogens is 2. The number of carbonyl (C=O) groups is 2. The number of aromatic nitrogens is 4. The smallest absolute Gasteiger partial charge is 0.410 e. The lowest BCUT2D eigenvalue weighted by atomic mass is 10.0. The zero-order valence-electron chi connectivity index (χ0n) is 28.5. The molecule has 1 aliphatic heterocycles. The number of aliphatic hydroxyl groups excluding tert-OH is 1. The van der Waals surface area contributed by atoms with Gasteiger partial charge in [-0.2, -0.15) is 4.98 Å². The molecule has 4 heterocycles. The Morgan fingerprint density at radius 2 is 1.86 bits per heavy atom. The Morgan fingerprint density at radius 3 is 2.49 bits per heavy atom. The molecule has 12 nitrogen and oxygen atoms in total. The number of rotatable bonds is 8. The predicted molar refractivity (Wildman–Crippen MR) is 181 cm³/mol. The van der Waals surface area contributed by atoms with Crippen LogP contribution in [0.25, 0.3) is 28.0 Å². The summed E-state index contributed by atoms with van der Waals surface area (Å²) >= 11 is 0. The third kappa shape index (κ3) is 7.09. The van der Waals surface area contributed by atoms with E-state index >= 15 is 8.78 Å². The van der Waals surface area contributed by atoms with Crippen LogP contribution < -0.4 is 16.3 Å². The molecule has 3 N–H and O–H groups in total. The van der Waals surface area contributed by atoms with E-state index in [4.69, 9.17) is 10.5 Å². The predicted octanol–water partition coefficient (Wildman–Crippen LogP) is 4.71. The number of amides is 2. The number of benzene rings is 1. The number of pyridine rings is 2. The van der Waals surface area contributed by atoms with Crippen LogP contribution in [0.2, 0.25) is 0 Å². The number of hydrogen-bond donors (Lipinski definition) is 2. The van der Waals surface area contributed by atoms with Gasteiger partial charge in [0.05, 0.1) is 27.9 Å². The number of aliphatic hydroxyl groups is 1. The summed E-state index contributed by atoms with van der Waals surface area (Å²) in [7, 11) is 0. The van der Waals surface area contributed by atoms with Crippen molar-refractivity contribution in [2.24, 2.45) is 5.73 Å². The van der Waals surface area contributed by atoms with Gasteiger partial charge in [0, 0.05) is 38.5 Å². The normalized spacial score (nSPS) is 15.3. The van der Waals surface area contributed by atoms with E-state index in [0.29, 0.717) is 29.8 Å². The molecule has 49 heavy (non-hydrogen) atoms. The Hall–Kier alpha value is -4.98. The maximum absolute atomic E-state index is 16.3. The van der Waals surface area contributed by atoms with E-state index in [9.17, 15) is 19.5 Å². The average Bonchev–Trinajstić information content (AvgIpc) is 3.02. The Kier molecular flexibility index (Phi) is 10.00. The van der Waals surface area contributed by atoms with E-state index in [2.05, 4.69) is 15.0 Å². The summed E-state index contributed by atoms with van der Waals surface area (Å²) in [6.07, 6.45) is 1.90. The largest absolute Gasteiger partial charge is 0.444 e. The van der Waals surface area contributed by atoms with Crippen LogP contribution in [0.1, 0.15) is 75.5 Å². The molecule has 0 aliphatic carbocycles. The van der Waals surface area contributed by atoms with Gasteiger partial charge in [0.25, 0.3) is 0 Å². The van der Waals surface area contributed by atoms with Gasteiger partial charge in [0.15, 0.2) is 11.5 Å². The molecule has 4 aromatic rings. The van der Waals surface area contributed by atoms with E-state index in [1.807, 2.05) is 20.8 Å². The number of primary amides is 1. The van der Waals surface area contributed by atoms with Crippen molar-refractivity contribution in [1.82, 2.24) is 24.4 Å². The van der Waals surface area contributed by atoms with E-state index in [0.717, 1.165) is 12.1 Å². The SMILES string of the molecule is CC(C)c1nccc(CCCO)c1-n1c(=O)nc(N2CCN(C(=O)OC(C)(C)C)C[C@@H]2C)c2cc(F)c(-c3c(F)cccc3C(N)=O)nc21. The third-order valence-corrected chi connectivity index (χ3v) is 8.28. The number of nitrogens with two attached hydrogens (primary N) is 1. The van der Waals surface area contributed by atoms with E-state index in [1.54, 1.807) is 42.8 Å². The van der Waals surface area contributed by atoms with Crippen molar-refractivity contribution >= 4 is 28.9 Å². The molecule has 14 heteroatoms. The van der Waals surface area contributed by atoms with Crippen molar-refractivity contribution in [3.05, 3.63) is 75.5 Å². The fraction of sp³-hybridized carbons (Fsp3) is 0.429. The Labute approximate surface area is 282 Å². The molecule has 0 unspecified atom stereocenters. The first-order valence-electron chi connectivity index (χ1n) is 16.2. The van der Waals surface area contributed by atoms with E-state index < -0.39 is 46.2 Å². The second-order valence-electron chi connectivity index (χ2n) is 13.4. The van der Waals surface area contributed by atoms with Crippen LogP contribution in [0, 0.1) is 11.6 Å². The highest BCUT2D eigenvalue weighted by molar-refractivity contribution is 6.00. The van der Waals surface area contributed by atoms with Gasteiger partial charge in [-0.15, -0.1) is 0 Å². The van der Waals surface area contributed by atoms with Crippen molar-refractivity contribution in [3.8, 4) is 16.9 Å². The lowest BCUT2D eigenvalue weighted by molar-refractivity contribution is 0.0218. The molecule has 1 fully saturated rings. The Morgan fingerprint density at radius 1 is 1.12 bits per heavy atom. The van der Waals surface area contributed by atoms with Crippen LogP contribution in [0.4, 0.5) is 19.4 Å². The van der Waals surface area contributed by atoms with Crippen LogP contribution in [-0.4, -0.2) is 79.4 Å². The van der Waals surface area contributed by atoms with Gasteiger partial charge in [-0.05, 0) is 76.3 Å². The van der Waals surface area contributed by atoms with E-state index in [1.165, 1.54) is 16.7 Å². The maximum Gasteiger partial charge on any atom is 0.410 e. The molecule has 260 valence electrons. The summed E-state index contributed by atoms with van der Waals surface area (Å²) in [5, 5.41) is 9.78. The van der Waals surface area contributed by atoms with Crippen molar-refractivity contribution in [2.75, 3.05) is 31.1 Å². The first kappa shape index (κ1) is 35.3. The van der Waals surface area contributed by atoms with Crippen LogP contribution in [0.15, 0.2) is 41.3 Å². The lowest BCUT2D eigenvalue weighted by Gasteiger charge is -2.41. The number of carbonyl (C=O) groups excluding carboxylic acids is 2. The van der Waals surface area contributed by atoms with Gasteiger partial charge in [0.1, 0.15) is 22.9 Å². The van der Waals surface area contributed by atoms with Crippen molar-refractivity contribution in [2.45, 2.75) is 71.9 Å². The van der Waals surface area contributed by atoms with Gasteiger partial charge in [0.2, 0.25) is 5.91 Å². The molecule has 3 aromatic heterocycles. The molecule has 0 radical (unpaired) electrons. The summed E-state index contributed by atoms with van der Waals surface area (Å²) in [5.41, 5.74) is 4.40. The van der Waals surface area contributed by atoms with Gasteiger partial charge in [-0.1, -0.05) is 19.9 Å². The standard InChI is InChI=1S/C35H41F2N7O5/c1-19(2)27-29(21(9-8-16-45)12-13-39-27)44-32-23(17-25(37)28(40-32)26-22(30(38)46)10-7-11-24(26)36)31(41-33(44)47)43-15-14-42(18-20(43)3)34(48)49-35(4,5)6/h7,10-13,17,19-20,45H,8-9,14-16,18H2,1-6H3,(H2,38,46)/t20-/m0/s1. The topological polar surface area (TPSA) is 157 Å². The fourth-order valence-electron chi connectivity index (χ4n) is 6.10. The van der Waals surface area contributed by atoms with Crippen molar-refractivity contribution in [1.29, 1.82) is 0 Å². The van der Waals surface area contributed by atoms with Gasteiger partial charge in [-0.25, -0.2) is 27.9 Å². The second kappa shape index (κ2) is 13.9. The van der Waals surface area contributed by atoms with Crippen LogP contribution in [0.3, 0.4) is 0 Å².